The topological polar surface area (TPSA) is 46.4 Å². The van der Waals surface area contributed by atoms with Gasteiger partial charge < -0.3 is 9.88 Å². The van der Waals surface area contributed by atoms with Gasteiger partial charge in [0.15, 0.2) is 0 Å². The number of rotatable bonds is 4. The summed E-state index contributed by atoms with van der Waals surface area (Å²) in [5.74, 6) is -0.0791. The number of aryl methyl sites for hydroxylation is 1. The Bertz CT molecular complexity index is 906. The highest BCUT2D eigenvalue weighted by Gasteiger charge is 2.08. The van der Waals surface area contributed by atoms with E-state index in [1.165, 1.54) is 12.6 Å². The third kappa shape index (κ3) is 3.86. The Labute approximate surface area is 147 Å². The number of nitrogens with one attached hydrogen (secondary N) is 1. The minimum Gasteiger partial charge on any atom is -0.326 e. The Morgan fingerprint density at radius 3 is 2.36 bits per heavy atom. The van der Waals surface area contributed by atoms with Gasteiger partial charge in [-0.3, -0.25) is 9.79 Å². The summed E-state index contributed by atoms with van der Waals surface area (Å²) in [5, 5.41) is 2.75. The molecule has 0 radical (unpaired) electrons. The van der Waals surface area contributed by atoms with Crippen LogP contribution in [0.2, 0.25) is 0 Å². The molecule has 3 rings (SSSR count). The Hall–Kier alpha value is -3.14. The molecule has 1 amide bonds. The summed E-state index contributed by atoms with van der Waals surface area (Å²) in [5.41, 5.74) is 6.19. The molecule has 4 nitrogen and oxygen atoms in total. The van der Waals surface area contributed by atoms with Gasteiger partial charge in [0.2, 0.25) is 5.91 Å². The highest BCUT2D eigenvalue weighted by molar-refractivity contribution is 5.89. The zero-order chi connectivity index (χ0) is 17.8. The second-order valence-corrected chi connectivity index (χ2v) is 5.98. The van der Waals surface area contributed by atoms with Crippen molar-refractivity contribution in [3.63, 3.8) is 0 Å². The van der Waals surface area contributed by atoms with Gasteiger partial charge in [0.1, 0.15) is 0 Å². The first-order chi connectivity index (χ1) is 12.0. The summed E-state index contributed by atoms with van der Waals surface area (Å²) in [6.07, 6.45) is 1.88. The molecule has 0 unspecified atom stereocenters. The molecule has 0 atom stereocenters. The number of hydrogen-bond donors (Lipinski definition) is 1. The summed E-state index contributed by atoms with van der Waals surface area (Å²) in [7, 11) is 0. The van der Waals surface area contributed by atoms with Crippen molar-refractivity contribution in [1.29, 1.82) is 0 Å². The van der Waals surface area contributed by atoms with Gasteiger partial charge in [-0.05, 0) is 56.3 Å². The molecule has 0 aliphatic carbocycles. The molecule has 0 aliphatic rings. The van der Waals surface area contributed by atoms with Crippen LogP contribution in [0.25, 0.3) is 5.69 Å². The summed E-state index contributed by atoms with van der Waals surface area (Å²) < 4.78 is 2.22. The van der Waals surface area contributed by atoms with Crippen molar-refractivity contribution in [2.24, 2.45) is 4.99 Å². The van der Waals surface area contributed by atoms with Crippen molar-refractivity contribution in [3.8, 4) is 5.69 Å². The molecule has 126 valence electrons. The van der Waals surface area contributed by atoms with Crippen LogP contribution in [0, 0.1) is 13.8 Å². The van der Waals surface area contributed by atoms with E-state index in [0.717, 1.165) is 28.3 Å². The molecule has 1 heterocycles. The second kappa shape index (κ2) is 7.18. The van der Waals surface area contributed by atoms with Crippen molar-refractivity contribution in [3.05, 3.63) is 77.6 Å². The number of aromatic nitrogens is 1. The molecule has 4 heteroatoms. The molecule has 3 aromatic rings. The molecule has 0 fully saturated rings. The van der Waals surface area contributed by atoms with Gasteiger partial charge in [-0.25, -0.2) is 0 Å². The number of carbonyl (C=O) groups excluding carboxylic acids is 1. The molecule has 1 aromatic heterocycles. The normalized spacial score (nSPS) is 11.0. The number of carbonyl (C=O) groups is 1. The molecule has 0 saturated heterocycles. The van der Waals surface area contributed by atoms with Gasteiger partial charge in [-0.1, -0.05) is 18.2 Å². The Morgan fingerprint density at radius 1 is 1.04 bits per heavy atom. The van der Waals surface area contributed by atoms with Crippen LogP contribution in [0.4, 0.5) is 11.4 Å². The van der Waals surface area contributed by atoms with E-state index in [0.29, 0.717) is 0 Å². The second-order valence-electron chi connectivity index (χ2n) is 5.98. The maximum atomic E-state index is 11.1. The van der Waals surface area contributed by atoms with Crippen LogP contribution >= 0.6 is 0 Å². The molecule has 2 aromatic carbocycles. The maximum Gasteiger partial charge on any atom is 0.221 e. The average molecular weight is 331 g/mol. The molecule has 0 saturated carbocycles. The first-order valence-corrected chi connectivity index (χ1v) is 8.20. The quantitative estimate of drug-likeness (QED) is 0.686. The van der Waals surface area contributed by atoms with E-state index in [2.05, 4.69) is 46.9 Å². The van der Waals surface area contributed by atoms with Crippen LogP contribution in [0.3, 0.4) is 0 Å². The van der Waals surface area contributed by atoms with Gasteiger partial charge in [-0.2, -0.15) is 0 Å². The predicted octanol–water partition coefficient (Wildman–Crippen LogP) is 4.80. The van der Waals surface area contributed by atoms with Gasteiger partial charge in [0.05, 0.1) is 5.69 Å². The van der Waals surface area contributed by atoms with Crippen molar-refractivity contribution < 1.29 is 4.79 Å². The molecule has 0 bridgehead atoms. The lowest BCUT2D eigenvalue weighted by Gasteiger charge is -2.09. The van der Waals surface area contributed by atoms with Gasteiger partial charge in [0, 0.05) is 41.5 Å². The number of para-hydroxylation sites is 1. The molecule has 0 spiro atoms. The van der Waals surface area contributed by atoms with E-state index in [4.69, 9.17) is 0 Å². The van der Waals surface area contributed by atoms with Crippen molar-refractivity contribution in [1.82, 2.24) is 4.57 Å². The zero-order valence-corrected chi connectivity index (χ0v) is 14.7. The maximum absolute atomic E-state index is 11.1. The summed E-state index contributed by atoms with van der Waals surface area (Å²) in [4.78, 5) is 15.6. The van der Waals surface area contributed by atoms with Crippen LogP contribution in [-0.2, 0) is 4.79 Å². The van der Waals surface area contributed by atoms with E-state index in [1.54, 1.807) is 0 Å². The number of benzene rings is 2. The van der Waals surface area contributed by atoms with Crippen LogP contribution in [-0.4, -0.2) is 16.7 Å². The summed E-state index contributed by atoms with van der Waals surface area (Å²) in [6.45, 7) is 5.69. The monoisotopic (exact) mass is 331 g/mol. The van der Waals surface area contributed by atoms with E-state index >= 15 is 0 Å². The number of aliphatic imine (C=N–C) groups is 1. The lowest BCUT2D eigenvalue weighted by atomic mass is 10.2. The van der Waals surface area contributed by atoms with E-state index in [-0.39, 0.29) is 5.91 Å². The van der Waals surface area contributed by atoms with E-state index in [9.17, 15) is 4.79 Å². The largest absolute Gasteiger partial charge is 0.326 e. The first-order valence-electron chi connectivity index (χ1n) is 8.20. The van der Waals surface area contributed by atoms with Crippen molar-refractivity contribution >= 4 is 23.5 Å². The zero-order valence-electron chi connectivity index (χ0n) is 14.7. The van der Waals surface area contributed by atoms with Crippen LogP contribution in [0.5, 0.6) is 0 Å². The lowest BCUT2D eigenvalue weighted by Crippen LogP contribution is -2.04. The van der Waals surface area contributed by atoms with Crippen LogP contribution in [0.15, 0.2) is 65.7 Å². The third-order valence-electron chi connectivity index (χ3n) is 4.03. The lowest BCUT2D eigenvalue weighted by molar-refractivity contribution is -0.114. The third-order valence-corrected chi connectivity index (χ3v) is 4.03. The summed E-state index contributed by atoms with van der Waals surface area (Å²) >= 11 is 0. The highest BCUT2D eigenvalue weighted by atomic mass is 16.1. The standard InChI is InChI=1S/C21H21N3O/c1-15-13-18(16(2)24(15)21-7-5-4-6-8-21)14-22-19-9-11-20(12-10-19)23-17(3)25/h4-14H,1-3H3,(H,23,25). The van der Waals surface area contributed by atoms with E-state index in [1.807, 2.05) is 48.7 Å². The fraction of sp³-hybridized carbons (Fsp3) is 0.143. The van der Waals surface area contributed by atoms with Gasteiger partial charge >= 0.3 is 0 Å². The first kappa shape index (κ1) is 16.7. The Morgan fingerprint density at radius 2 is 1.72 bits per heavy atom. The number of anilines is 1. The van der Waals surface area contributed by atoms with Gasteiger partial charge in [-0.15, -0.1) is 0 Å². The molecule has 1 N–H and O–H groups in total. The van der Waals surface area contributed by atoms with Crippen molar-refractivity contribution in [2.45, 2.75) is 20.8 Å². The summed E-state index contributed by atoms with van der Waals surface area (Å²) in [6, 6.07) is 19.9. The van der Waals surface area contributed by atoms with E-state index < -0.39 is 0 Å². The number of nitrogens with zero attached hydrogens (tertiary/aromatic N) is 2. The predicted molar refractivity (Wildman–Crippen MR) is 103 cm³/mol. The molecule has 25 heavy (non-hydrogen) atoms. The fourth-order valence-corrected chi connectivity index (χ4v) is 2.87. The highest BCUT2D eigenvalue weighted by Crippen LogP contribution is 2.21. The van der Waals surface area contributed by atoms with Crippen molar-refractivity contribution in [2.75, 3.05) is 5.32 Å². The van der Waals surface area contributed by atoms with Gasteiger partial charge in [0.25, 0.3) is 0 Å². The van der Waals surface area contributed by atoms with Crippen LogP contribution < -0.4 is 5.32 Å². The van der Waals surface area contributed by atoms with Crippen LogP contribution in [0.1, 0.15) is 23.9 Å². The molecular weight excluding hydrogens is 310 g/mol. The fourth-order valence-electron chi connectivity index (χ4n) is 2.87. The molecular formula is C21H21N3O. The minimum atomic E-state index is -0.0791. The Kier molecular flexibility index (Phi) is 4.80. The Balaban J connectivity index is 1.84. The SMILES string of the molecule is CC(=O)Nc1ccc(N=Cc2cc(C)n(-c3ccccc3)c2C)cc1. The smallest absolute Gasteiger partial charge is 0.221 e. The minimum absolute atomic E-state index is 0.0791. The number of hydrogen-bond acceptors (Lipinski definition) is 2. The average Bonchev–Trinajstić information content (AvgIpc) is 2.88. The molecule has 0 aliphatic heterocycles. The number of amides is 1.